The summed E-state index contributed by atoms with van der Waals surface area (Å²) in [6.07, 6.45) is 3.93. The van der Waals surface area contributed by atoms with Gasteiger partial charge in [0.25, 0.3) is 0 Å². The van der Waals surface area contributed by atoms with Crippen LogP contribution in [0.2, 0.25) is 10.0 Å². The Morgan fingerprint density at radius 1 is 1.00 bits per heavy atom. The summed E-state index contributed by atoms with van der Waals surface area (Å²) in [7, 11) is 8.94. The van der Waals surface area contributed by atoms with E-state index in [1.54, 1.807) is 19.3 Å². The van der Waals surface area contributed by atoms with E-state index in [2.05, 4.69) is 39.3 Å². The Morgan fingerprint density at radius 2 is 1.62 bits per heavy atom. The van der Waals surface area contributed by atoms with Crippen LogP contribution in [-0.2, 0) is 0 Å². The first-order chi connectivity index (χ1) is 16.3. The number of hydrogen-bond donors (Lipinski definition) is 2. The number of ether oxygens (including phenoxy) is 2. The van der Waals surface area contributed by atoms with E-state index < -0.39 is 0 Å². The fourth-order valence-electron chi connectivity index (χ4n) is 3.12. The van der Waals surface area contributed by atoms with Crippen molar-refractivity contribution < 1.29 is 9.47 Å². The van der Waals surface area contributed by atoms with Crippen LogP contribution in [0.3, 0.4) is 0 Å². The lowest BCUT2D eigenvalue weighted by molar-refractivity contribution is 0.395. The number of anilines is 2. The smallest absolute Gasteiger partial charge is 0.223 e. The van der Waals surface area contributed by atoms with Crippen molar-refractivity contribution in [3.05, 3.63) is 28.4 Å². The van der Waals surface area contributed by atoms with Crippen LogP contribution in [0.1, 0.15) is 26.7 Å². The van der Waals surface area contributed by atoms with E-state index >= 15 is 0 Å². The van der Waals surface area contributed by atoms with Gasteiger partial charge in [0, 0.05) is 36.8 Å². The molecule has 2 N–H and O–H groups in total. The number of aromatic nitrogens is 3. The molecule has 10 heteroatoms. The van der Waals surface area contributed by atoms with Gasteiger partial charge >= 0.3 is 0 Å². The van der Waals surface area contributed by atoms with Crippen molar-refractivity contribution in [3.8, 4) is 22.8 Å². The van der Waals surface area contributed by atoms with E-state index in [0.29, 0.717) is 50.1 Å². The molecule has 0 bridgehead atoms. The first-order valence-corrected chi connectivity index (χ1v) is 11.9. The molecular weight excluding hydrogens is 475 g/mol. The van der Waals surface area contributed by atoms with Gasteiger partial charge in [0.2, 0.25) is 5.95 Å². The summed E-state index contributed by atoms with van der Waals surface area (Å²) >= 11 is 13.2. The highest BCUT2D eigenvalue weighted by molar-refractivity contribution is 6.41. The second-order valence-corrected chi connectivity index (χ2v) is 8.57. The Morgan fingerprint density at radius 3 is 2.15 bits per heavy atom. The van der Waals surface area contributed by atoms with Crippen LogP contribution in [0.4, 0.5) is 11.8 Å². The fourth-order valence-corrected chi connectivity index (χ4v) is 3.82. The molecule has 2 aromatic heterocycles. The van der Waals surface area contributed by atoms with Crippen molar-refractivity contribution >= 4 is 45.9 Å². The number of nitrogens with one attached hydrogen (secondary N) is 2. The van der Waals surface area contributed by atoms with Crippen molar-refractivity contribution in [1.82, 2.24) is 19.9 Å². The summed E-state index contributed by atoms with van der Waals surface area (Å²) in [6.45, 7) is 5.93. The highest BCUT2D eigenvalue weighted by Gasteiger charge is 2.21. The lowest BCUT2D eigenvalue weighted by atomic mass is 10.1. The van der Waals surface area contributed by atoms with Gasteiger partial charge in [-0.15, -0.1) is 0 Å². The largest absolute Gasteiger partial charge is 0.495 e. The number of nitrogens with zero attached hydrogens (tertiary/aromatic N) is 4. The molecule has 0 amide bonds. The summed E-state index contributed by atoms with van der Waals surface area (Å²) < 4.78 is 10.8. The monoisotopic (exact) mass is 508 g/mol. The van der Waals surface area contributed by atoms with E-state index in [1.165, 1.54) is 20.6 Å². The van der Waals surface area contributed by atoms with Crippen LogP contribution in [-0.4, -0.2) is 68.3 Å². The lowest BCUT2D eigenvalue weighted by Crippen LogP contribution is -2.17. The molecular formula is C24H34Cl2N6O2. The molecule has 0 saturated heterocycles. The Kier molecular flexibility index (Phi) is 10.9. The third-order valence-electron chi connectivity index (χ3n) is 4.69. The third-order valence-corrected chi connectivity index (χ3v) is 5.44. The fraction of sp³-hybridized carbons (Fsp3) is 0.458. The molecule has 3 aromatic rings. The SMILES string of the molecule is CCC.CNc1ncc2cc(-c3c(Cl)c(OC)cc(OC)c3Cl)nc(NCCCN(C)C)c2n1. The Hall–Kier alpha value is -2.55. The van der Waals surface area contributed by atoms with Gasteiger partial charge in [-0.2, -0.15) is 0 Å². The number of benzene rings is 1. The predicted octanol–water partition coefficient (Wildman–Crippen LogP) is 5.84. The maximum Gasteiger partial charge on any atom is 0.223 e. The molecule has 2 heterocycles. The highest BCUT2D eigenvalue weighted by Crippen LogP contribution is 2.46. The topological polar surface area (TPSA) is 84.4 Å². The zero-order valence-corrected chi connectivity index (χ0v) is 22.4. The summed E-state index contributed by atoms with van der Waals surface area (Å²) in [5.41, 5.74) is 1.79. The molecule has 0 aliphatic heterocycles. The van der Waals surface area contributed by atoms with E-state index in [1.807, 2.05) is 20.2 Å². The predicted molar refractivity (Wildman–Crippen MR) is 143 cm³/mol. The number of methoxy groups -OCH3 is 2. The molecule has 0 saturated carbocycles. The molecule has 0 unspecified atom stereocenters. The molecule has 186 valence electrons. The van der Waals surface area contributed by atoms with Crippen molar-refractivity contribution in [1.29, 1.82) is 0 Å². The second kappa shape index (κ2) is 13.4. The van der Waals surface area contributed by atoms with Crippen LogP contribution >= 0.6 is 23.2 Å². The van der Waals surface area contributed by atoms with Crippen LogP contribution in [0, 0.1) is 0 Å². The van der Waals surface area contributed by atoms with Crippen LogP contribution in [0.15, 0.2) is 18.3 Å². The lowest BCUT2D eigenvalue weighted by Gasteiger charge is -2.16. The Labute approximate surface area is 212 Å². The maximum absolute atomic E-state index is 6.62. The normalized spacial score (nSPS) is 10.6. The summed E-state index contributed by atoms with van der Waals surface area (Å²) in [6, 6.07) is 3.50. The van der Waals surface area contributed by atoms with Gasteiger partial charge in [-0.25, -0.2) is 15.0 Å². The first kappa shape index (κ1) is 27.7. The highest BCUT2D eigenvalue weighted by atomic mass is 35.5. The van der Waals surface area contributed by atoms with Crippen LogP contribution in [0.25, 0.3) is 22.2 Å². The Bertz CT molecular complexity index is 1070. The average molecular weight is 509 g/mol. The van der Waals surface area contributed by atoms with Crippen LogP contribution < -0.4 is 20.1 Å². The van der Waals surface area contributed by atoms with Crippen molar-refractivity contribution in [3.63, 3.8) is 0 Å². The summed E-state index contributed by atoms with van der Waals surface area (Å²) in [5, 5.41) is 7.87. The van der Waals surface area contributed by atoms with Gasteiger partial charge in [0.15, 0.2) is 5.82 Å². The van der Waals surface area contributed by atoms with Gasteiger partial charge in [-0.05, 0) is 33.1 Å². The number of pyridine rings is 1. The molecule has 0 fully saturated rings. The minimum Gasteiger partial charge on any atom is -0.495 e. The molecule has 0 aliphatic carbocycles. The third kappa shape index (κ3) is 6.74. The standard InChI is InChI=1S/C21H26Cl2N6O2.C3H8/c1-24-21-26-11-12-9-13(16-17(22)14(30-4)10-15(31-5)18(16)23)27-20(19(12)28-21)25-7-6-8-29(2)3;1-3-2/h9-11H,6-8H2,1-5H3,(H,25,27)(H,24,26,28);3H2,1-2H3. The van der Waals surface area contributed by atoms with E-state index in [-0.39, 0.29) is 0 Å². The second-order valence-electron chi connectivity index (χ2n) is 7.81. The van der Waals surface area contributed by atoms with Crippen molar-refractivity contribution in [2.75, 3.05) is 59.1 Å². The maximum atomic E-state index is 6.62. The number of rotatable bonds is 9. The van der Waals surface area contributed by atoms with Crippen molar-refractivity contribution in [2.24, 2.45) is 0 Å². The first-order valence-electron chi connectivity index (χ1n) is 11.2. The van der Waals surface area contributed by atoms with Crippen LogP contribution in [0.5, 0.6) is 11.5 Å². The zero-order valence-electron chi connectivity index (χ0n) is 20.9. The molecule has 0 radical (unpaired) electrons. The van der Waals surface area contributed by atoms with E-state index in [9.17, 15) is 0 Å². The van der Waals surface area contributed by atoms with Gasteiger partial charge in [0.05, 0.1) is 30.0 Å². The molecule has 0 aliphatic rings. The quantitative estimate of drug-likeness (QED) is 0.348. The molecule has 0 spiro atoms. The number of hydrogen-bond acceptors (Lipinski definition) is 8. The van der Waals surface area contributed by atoms with Gasteiger partial charge in [-0.1, -0.05) is 43.5 Å². The Balaban J connectivity index is 0.00000129. The zero-order chi connectivity index (χ0) is 25.3. The molecule has 1 aromatic carbocycles. The number of halogens is 2. The number of fused-ring (bicyclic) bond motifs is 1. The minimum absolute atomic E-state index is 0.353. The molecule has 8 nitrogen and oxygen atoms in total. The van der Waals surface area contributed by atoms with Crippen molar-refractivity contribution in [2.45, 2.75) is 26.7 Å². The van der Waals surface area contributed by atoms with Gasteiger partial charge < -0.3 is 25.0 Å². The summed E-state index contributed by atoms with van der Waals surface area (Å²) in [5.74, 6) is 2.03. The van der Waals surface area contributed by atoms with E-state index in [0.717, 1.165) is 24.9 Å². The minimum atomic E-state index is 0.353. The van der Waals surface area contributed by atoms with E-state index in [4.69, 9.17) is 37.7 Å². The van der Waals surface area contributed by atoms with Gasteiger partial charge in [-0.3, -0.25) is 0 Å². The van der Waals surface area contributed by atoms with Gasteiger partial charge in [0.1, 0.15) is 17.0 Å². The molecule has 34 heavy (non-hydrogen) atoms. The molecule has 3 rings (SSSR count). The average Bonchev–Trinajstić information content (AvgIpc) is 2.82. The molecule has 0 atom stereocenters. The summed E-state index contributed by atoms with van der Waals surface area (Å²) in [4.78, 5) is 15.9.